The van der Waals surface area contributed by atoms with Gasteiger partial charge in [0.1, 0.15) is 6.61 Å². The van der Waals surface area contributed by atoms with E-state index in [1.807, 2.05) is 66.7 Å². The van der Waals surface area contributed by atoms with E-state index < -0.39 is 5.97 Å². The summed E-state index contributed by atoms with van der Waals surface area (Å²) in [6.45, 7) is 0.288. The number of aliphatic imine (C=N–C) groups is 1. The normalized spacial score (nSPS) is 13.9. The zero-order valence-corrected chi connectivity index (χ0v) is 21.3. The molecule has 5 rings (SSSR count). The van der Waals surface area contributed by atoms with Gasteiger partial charge in [-0.25, -0.2) is 9.79 Å². The first-order chi connectivity index (χ1) is 18.0. The average Bonchev–Trinajstić information content (AvgIpc) is 3.29. The van der Waals surface area contributed by atoms with Gasteiger partial charge in [-0.15, -0.1) is 0 Å². The van der Waals surface area contributed by atoms with Crippen molar-refractivity contribution in [1.82, 2.24) is 0 Å². The second-order valence-electron chi connectivity index (χ2n) is 8.23. The van der Waals surface area contributed by atoms with Gasteiger partial charge < -0.3 is 14.2 Å². The molecule has 4 aromatic carbocycles. The SMILES string of the molecule is COc1cc(/C=C2\N=C(c3ccc(-c4ccccc4)cc3)OC2=O)cc(Cl)c1OCc1ccc(Cl)cc1. The molecule has 0 saturated heterocycles. The van der Waals surface area contributed by atoms with Gasteiger partial charge in [-0.1, -0.05) is 77.8 Å². The molecule has 0 unspecified atom stereocenters. The number of halogens is 2. The number of carbonyl (C=O) groups excluding carboxylic acids is 1. The molecule has 0 spiro atoms. The molecular formula is C30H21Cl2NO4. The first kappa shape index (κ1) is 24.6. The summed E-state index contributed by atoms with van der Waals surface area (Å²) in [4.78, 5) is 16.9. The monoisotopic (exact) mass is 529 g/mol. The lowest BCUT2D eigenvalue weighted by molar-refractivity contribution is -0.129. The van der Waals surface area contributed by atoms with Crippen molar-refractivity contribution in [3.63, 3.8) is 0 Å². The number of benzene rings is 4. The van der Waals surface area contributed by atoms with Crippen LogP contribution in [0, 0.1) is 0 Å². The minimum Gasteiger partial charge on any atom is -0.493 e. The van der Waals surface area contributed by atoms with Crippen LogP contribution in [0.1, 0.15) is 16.7 Å². The summed E-state index contributed by atoms with van der Waals surface area (Å²) >= 11 is 12.5. The fraction of sp³-hybridized carbons (Fsp3) is 0.0667. The summed E-state index contributed by atoms with van der Waals surface area (Å²) in [6, 6.07) is 28.5. The molecule has 0 aliphatic carbocycles. The zero-order chi connectivity index (χ0) is 25.8. The van der Waals surface area contributed by atoms with E-state index in [4.69, 9.17) is 37.4 Å². The van der Waals surface area contributed by atoms with E-state index in [-0.39, 0.29) is 18.2 Å². The third-order valence-corrected chi connectivity index (χ3v) is 6.24. The Labute approximate surface area is 224 Å². The van der Waals surface area contributed by atoms with Gasteiger partial charge in [-0.05, 0) is 64.7 Å². The topological polar surface area (TPSA) is 57.1 Å². The van der Waals surface area contributed by atoms with Gasteiger partial charge in [0.15, 0.2) is 17.2 Å². The van der Waals surface area contributed by atoms with E-state index in [0.29, 0.717) is 32.7 Å². The Hall–Kier alpha value is -4.06. The number of rotatable bonds is 7. The quantitative estimate of drug-likeness (QED) is 0.183. The minimum absolute atomic E-state index is 0.162. The Kier molecular flexibility index (Phi) is 7.26. The lowest BCUT2D eigenvalue weighted by Crippen LogP contribution is -2.05. The summed E-state index contributed by atoms with van der Waals surface area (Å²) < 4.78 is 16.8. The Morgan fingerprint density at radius 2 is 1.54 bits per heavy atom. The smallest absolute Gasteiger partial charge is 0.363 e. The number of hydrogen-bond donors (Lipinski definition) is 0. The van der Waals surface area contributed by atoms with E-state index in [1.165, 1.54) is 7.11 Å². The maximum Gasteiger partial charge on any atom is 0.363 e. The second-order valence-corrected chi connectivity index (χ2v) is 9.07. The standard InChI is InChI=1S/C30H21Cl2NO4/c1-35-27-17-20(15-25(32)28(27)36-18-19-7-13-24(31)14-8-19)16-26-30(34)37-29(33-26)23-11-9-22(10-12-23)21-5-3-2-4-6-21/h2-17H,18H2,1H3/b26-16-. The van der Waals surface area contributed by atoms with E-state index in [2.05, 4.69) is 4.99 Å². The molecule has 184 valence electrons. The van der Waals surface area contributed by atoms with Crippen LogP contribution in [0.5, 0.6) is 11.5 Å². The van der Waals surface area contributed by atoms with Crippen LogP contribution >= 0.6 is 23.2 Å². The number of cyclic esters (lactones) is 1. The molecule has 0 radical (unpaired) electrons. The predicted molar refractivity (Wildman–Crippen MR) is 146 cm³/mol. The molecule has 37 heavy (non-hydrogen) atoms. The molecule has 1 aliphatic heterocycles. The van der Waals surface area contributed by atoms with Crippen LogP contribution in [0.3, 0.4) is 0 Å². The summed E-state index contributed by atoms with van der Waals surface area (Å²) in [6.07, 6.45) is 1.60. The number of hydrogen-bond acceptors (Lipinski definition) is 5. The molecular weight excluding hydrogens is 509 g/mol. The number of esters is 1. The van der Waals surface area contributed by atoms with Gasteiger partial charge >= 0.3 is 5.97 Å². The third kappa shape index (κ3) is 5.69. The number of ether oxygens (including phenoxy) is 3. The molecule has 0 fully saturated rings. The van der Waals surface area contributed by atoms with Crippen LogP contribution in [-0.2, 0) is 16.1 Å². The van der Waals surface area contributed by atoms with Crippen LogP contribution in [-0.4, -0.2) is 19.0 Å². The van der Waals surface area contributed by atoms with Crippen molar-refractivity contribution in [1.29, 1.82) is 0 Å². The highest BCUT2D eigenvalue weighted by atomic mass is 35.5. The van der Waals surface area contributed by atoms with Crippen LogP contribution in [0.4, 0.5) is 0 Å². The Morgan fingerprint density at radius 1 is 0.865 bits per heavy atom. The first-order valence-corrected chi connectivity index (χ1v) is 12.2. The molecule has 4 aromatic rings. The lowest BCUT2D eigenvalue weighted by atomic mass is 10.0. The van der Waals surface area contributed by atoms with E-state index in [0.717, 1.165) is 16.7 Å². The van der Waals surface area contributed by atoms with Gasteiger partial charge in [0.05, 0.1) is 12.1 Å². The minimum atomic E-state index is -0.541. The molecule has 0 bridgehead atoms. The summed E-state index contributed by atoms with van der Waals surface area (Å²) in [5.74, 6) is 0.537. The second kappa shape index (κ2) is 10.9. The van der Waals surface area contributed by atoms with Gasteiger partial charge in [0.2, 0.25) is 5.90 Å². The maximum absolute atomic E-state index is 12.5. The van der Waals surface area contributed by atoms with Gasteiger partial charge in [0, 0.05) is 10.6 Å². The summed E-state index contributed by atoms with van der Waals surface area (Å²) in [5.41, 5.74) is 4.59. The Bertz CT molecular complexity index is 1500. The van der Waals surface area contributed by atoms with Crippen molar-refractivity contribution >= 4 is 41.1 Å². The first-order valence-electron chi connectivity index (χ1n) is 11.4. The van der Waals surface area contributed by atoms with Gasteiger partial charge in [-0.2, -0.15) is 0 Å². The van der Waals surface area contributed by atoms with Crippen LogP contribution in [0.2, 0.25) is 10.0 Å². The molecule has 0 atom stereocenters. The number of methoxy groups -OCH3 is 1. The molecule has 7 heteroatoms. The zero-order valence-electron chi connectivity index (χ0n) is 19.8. The largest absolute Gasteiger partial charge is 0.493 e. The Morgan fingerprint density at radius 3 is 2.24 bits per heavy atom. The molecule has 1 aliphatic rings. The molecule has 0 saturated carbocycles. The van der Waals surface area contributed by atoms with E-state index in [9.17, 15) is 4.79 Å². The van der Waals surface area contributed by atoms with Gasteiger partial charge in [0.25, 0.3) is 0 Å². The Balaban J connectivity index is 1.36. The van der Waals surface area contributed by atoms with E-state index in [1.54, 1.807) is 30.3 Å². The van der Waals surface area contributed by atoms with Crippen LogP contribution in [0.15, 0.2) is 102 Å². The average molecular weight is 530 g/mol. The van der Waals surface area contributed by atoms with Crippen LogP contribution in [0.25, 0.3) is 17.2 Å². The summed E-state index contributed by atoms with van der Waals surface area (Å²) in [5, 5.41) is 0.990. The third-order valence-electron chi connectivity index (χ3n) is 5.71. The highest BCUT2D eigenvalue weighted by molar-refractivity contribution is 6.32. The van der Waals surface area contributed by atoms with Crippen molar-refractivity contribution in [2.24, 2.45) is 4.99 Å². The number of carbonyl (C=O) groups is 1. The lowest BCUT2D eigenvalue weighted by Gasteiger charge is -2.13. The fourth-order valence-electron chi connectivity index (χ4n) is 3.83. The van der Waals surface area contributed by atoms with Gasteiger partial charge in [-0.3, -0.25) is 0 Å². The summed E-state index contributed by atoms with van der Waals surface area (Å²) in [7, 11) is 1.52. The molecule has 0 amide bonds. The highest BCUT2D eigenvalue weighted by Crippen LogP contribution is 2.38. The molecule has 0 N–H and O–H groups in total. The van der Waals surface area contributed by atoms with Crippen LogP contribution < -0.4 is 9.47 Å². The maximum atomic E-state index is 12.5. The van der Waals surface area contributed by atoms with Crippen molar-refractivity contribution in [3.8, 4) is 22.6 Å². The highest BCUT2D eigenvalue weighted by Gasteiger charge is 2.24. The predicted octanol–water partition coefficient (Wildman–Crippen LogP) is 7.59. The molecule has 0 aromatic heterocycles. The van der Waals surface area contributed by atoms with E-state index >= 15 is 0 Å². The fourth-order valence-corrected chi connectivity index (χ4v) is 4.23. The van der Waals surface area contributed by atoms with Crippen molar-refractivity contribution in [3.05, 3.63) is 123 Å². The van der Waals surface area contributed by atoms with Crippen molar-refractivity contribution in [2.45, 2.75) is 6.61 Å². The van der Waals surface area contributed by atoms with Crippen molar-refractivity contribution < 1.29 is 19.0 Å². The molecule has 1 heterocycles. The van der Waals surface area contributed by atoms with Crippen molar-refractivity contribution in [2.75, 3.05) is 7.11 Å². The molecule has 5 nitrogen and oxygen atoms in total. The number of nitrogens with zero attached hydrogens (tertiary/aromatic N) is 1.